The van der Waals surface area contributed by atoms with E-state index >= 15 is 0 Å². The van der Waals surface area contributed by atoms with Crippen molar-refractivity contribution in [1.29, 1.82) is 0 Å². The average molecular weight is 251 g/mol. The first-order chi connectivity index (χ1) is 8.36. The van der Waals surface area contributed by atoms with Gasteiger partial charge in [-0.3, -0.25) is 4.79 Å². The number of hydrogen-bond acceptors (Lipinski definition) is 5. The summed E-state index contributed by atoms with van der Waals surface area (Å²) in [5, 5.41) is 0. The lowest BCUT2D eigenvalue weighted by Crippen LogP contribution is -2.30. The molecule has 0 aliphatic carbocycles. The van der Waals surface area contributed by atoms with Crippen LogP contribution >= 0.6 is 0 Å². The predicted molar refractivity (Wildman–Crippen MR) is 70.7 cm³/mol. The topological polar surface area (TPSA) is 55.3 Å². The van der Waals surface area contributed by atoms with E-state index in [-0.39, 0.29) is 11.9 Å². The average Bonchev–Trinajstić information content (AvgIpc) is 2.32. The van der Waals surface area contributed by atoms with Crippen molar-refractivity contribution < 1.29 is 9.53 Å². The van der Waals surface area contributed by atoms with Crippen molar-refractivity contribution in [2.75, 3.05) is 25.6 Å². The summed E-state index contributed by atoms with van der Waals surface area (Å²) in [6.45, 7) is 8.24. The SMILES string of the molecule is COC(=O)C(C)CN(C)c1nc(C)nc(C)c1C. The summed E-state index contributed by atoms with van der Waals surface area (Å²) in [6, 6.07) is 0. The molecule has 1 aromatic rings. The molecule has 100 valence electrons. The van der Waals surface area contributed by atoms with Gasteiger partial charge in [0.2, 0.25) is 0 Å². The third kappa shape index (κ3) is 3.18. The smallest absolute Gasteiger partial charge is 0.310 e. The molecule has 0 spiro atoms. The number of rotatable bonds is 4. The fraction of sp³-hybridized carbons (Fsp3) is 0.615. The highest BCUT2D eigenvalue weighted by atomic mass is 16.5. The summed E-state index contributed by atoms with van der Waals surface area (Å²) in [5.41, 5.74) is 2.01. The van der Waals surface area contributed by atoms with Crippen LogP contribution < -0.4 is 4.90 Å². The van der Waals surface area contributed by atoms with E-state index in [1.54, 1.807) is 0 Å². The van der Waals surface area contributed by atoms with Gasteiger partial charge in [-0.05, 0) is 20.8 Å². The van der Waals surface area contributed by atoms with Gasteiger partial charge in [0.05, 0.1) is 13.0 Å². The summed E-state index contributed by atoms with van der Waals surface area (Å²) in [4.78, 5) is 22.1. The fourth-order valence-corrected chi connectivity index (χ4v) is 1.90. The minimum absolute atomic E-state index is 0.185. The van der Waals surface area contributed by atoms with E-state index in [4.69, 9.17) is 4.74 Å². The molecule has 0 saturated heterocycles. The number of carbonyl (C=O) groups excluding carboxylic acids is 1. The molecule has 0 aliphatic rings. The number of nitrogens with zero attached hydrogens (tertiary/aromatic N) is 3. The van der Waals surface area contributed by atoms with Crippen LogP contribution in [-0.4, -0.2) is 36.6 Å². The highest BCUT2D eigenvalue weighted by Crippen LogP contribution is 2.19. The molecule has 1 rings (SSSR count). The predicted octanol–water partition coefficient (Wildman–Crippen LogP) is 1.65. The quantitative estimate of drug-likeness (QED) is 0.762. The molecule has 0 radical (unpaired) electrons. The van der Waals surface area contributed by atoms with Crippen molar-refractivity contribution in [3.05, 3.63) is 17.1 Å². The van der Waals surface area contributed by atoms with Gasteiger partial charge in [0.1, 0.15) is 11.6 Å². The van der Waals surface area contributed by atoms with E-state index < -0.39 is 0 Å². The monoisotopic (exact) mass is 251 g/mol. The van der Waals surface area contributed by atoms with Crippen LogP contribution in [0.1, 0.15) is 24.0 Å². The zero-order valence-corrected chi connectivity index (χ0v) is 11.9. The van der Waals surface area contributed by atoms with E-state index in [2.05, 4.69) is 9.97 Å². The van der Waals surface area contributed by atoms with E-state index in [0.717, 1.165) is 22.9 Å². The van der Waals surface area contributed by atoms with Gasteiger partial charge in [0.15, 0.2) is 0 Å². The van der Waals surface area contributed by atoms with Crippen LogP contribution in [0.2, 0.25) is 0 Å². The number of aryl methyl sites for hydroxylation is 2. The lowest BCUT2D eigenvalue weighted by molar-refractivity contribution is -0.144. The second kappa shape index (κ2) is 5.80. The molecule has 0 aromatic carbocycles. The third-order valence-corrected chi connectivity index (χ3v) is 2.99. The number of methoxy groups -OCH3 is 1. The van der Waals surface area contributed by atoms with Crippen molar-refractivity contribution >= 4 is 11.8 Å². The van der Waals surface area contributed by atoms with Gasteiger partial charge in [0, 0.05) is 24.8 Å². The second-order valence-electron chi connectivity index (χ2n) is 4.61. The molecule has 0 bridgehead atoms. The molecular weight excluding hydrogens is 230 g/mol. The first-order valence-corrected chi connectivity index (χ1v) is 5.97. The molecule has 5 heteroatoms. The lowest BCUT2D eigenvalue weighted by Gasteiger charge is -2.23. The van der Waals surface area contributed by atoms with Gasteiger partial charge in [-0.1, -0.05) is 6.92 Å². The molecule has 0 fully saturated rings. The molecule has 1 atom stereocenters. The summed E-state index contributed by atoms with van der Waals surface area (Å²) in [6.07, 6.45) is 0. The second-order valence-corrected chi connectivity index (χ2v) is 4.61. The number of esters is 1. The first-order valence-electron chi connectivity index (χ1n) is 5.97. The molecule has 0 N–H and O–H groups in total. The van der Waals surface area contributed by atoms with Gasteiger partial charge in [0.25, 0.3) is 0 Å². The molecule has 1 unspecified atom stereocenters. The number of carbonyl (C=O) groups is 1. The Balaban J connectivity index is 2.91. The van der Waals surface area contributed by atoms with Crippen LogP contribution in [0.4, 0.5) is 5.82 Å². The zero-order chi connectivity index (χ0) is 13.9. The van der Waals surface area contributed by atoms with Crippen molar-refractivity contribution in [2.45, 2.75) is 27.7 Å². The Hall–Kier alpha value is -1.65. The first kappa shape index (κ1) is 14.4. The van der Waals surface area contributed by atoms with Crippen LogP contribution in [0.5, 0.6) is 0 Å². The molecule has 1 aromatic heterocycles. The summed E-state index contributed by atoms with van der Waals surface area (Å²) in [5.74, 6) is 1.22. The molecule has 0 saturated carbocycles. The molecule has 0 amide bonds. The van der Waals surface area contributed by atoms with Crippen LogP contribution in [-0.2, 0) is 9.53 Å². The van der Waals surface area contributed by atoms with E-state index in [9.17, 15) is 4.79 Å². The lowest BCUT2D eigenvalue weighted by atomic mass is 10.1. The van der Waals surface area contributed by atoms with E-state index in [1.165, 1.54) is 7.11 Å². The van der Waals surface area contributed by atoms with Crippen LogP contribution in [0.25, 0.3) is 0 Å². The standard InChI is InChI=1S/C13H21N3O2/c1-8(13(17)18-6)7-16(5)12-9(2)10(3)14-11(4)15-12/h8H,7H2,1-6H3. The highest BCUT2D eigenvalue weighted by molar-refractivity contribution is 5.72. The van der Waals surface area contributed by atoms with Gasteiger partial charge < -0.3 is 9.64 Å². The molecule has 18 heavy (non-hydrogen) atoms. The summed E-state index contributed by atoms with van der Waals surface area (Å²) in [7, 11) is 3.33. The van der Waals surface area contributed by atoms with Crippen LogP contribution in [0.3, 0.4) is 0 Å². The maximum Gasteiger partial charge on any atom is 0.310 e. The van der Waals surface area contributed by atoms with Crippen molar-refractivity contribution in [1.82, 2.24) is 9.97 Å². The maximum absolute atomic E-state index is 11.4. The fourth-order valence-electron chi connectivity index (χ4n) is 1.90. The molecule has 0 aliphatic heterocycles. The van der Waals surface area contributed by atoms with Crippen LogP contribution in [0.15, 0.2) is 0 Å². The van der Waals surface area contributed by atoms with Gasteiger partial charge in [-0.2, -0.15) is 0 Å². The Morgan fingerprint density at radius 2 is 1.94 bits per heavy atom. The normalized spacial score (nSPS) is 12.1. The van der Waals surface area contributed by atoms with Crippen molar-refractivity contribution in [3.63, 3.8) is 0 Å². The minimum Gasteiger partial charge on any atom is -0.469 e. The van der Waals surface area contributed by atoms with Crippen LogP contribution in [0, 0.1) is 26.7 Å². The van der Waals surface area contributed by atoms with Gasteiger partial charge in [-0.15, -0.1) is 0 Å². The largest absolute Gasteiger partial charge is 0.469 e. The summed E-state index contributed by atoms with van der Waals surface area (Å²) < 4.78 is 4.73. The maximum atomic E-state index is 11.4. The Morgan fingerprint density at radius 1 is 1.33 bits per heavy atom. The Bertz CT molecular complexity index is 446. The third-order valence-electron chi connectivity index (χ3n) is 2.99. The van der Waals surface area contributed by atoms with E-state index in [1.807, 2.05) is 39.6 Å². The van der Waals surface area contributed by atoms with E-state index in [0.29, 0.717) is 6.54 Å². The van der Waals surface area contributed by atoms with Crippen molar-refractivity contribution in [2.24, 2.45) is 5.92 Å². The molecule has 5 nitrogen and oxygen atoms in total. The molecular formula is C13H21N3O2. The minimum atomic E-state index is -0.206. The molecule has 1 heterocycles. The highest BCUT2D eigenvalue weighted by Gasteiger charge is 2.18. The Morgan fingerprint density at radius 3 is 2.50 bits per heavy atom. The van der Waals surface area contributed by atoms with Crippen molar-refractivity contribution in [3.8, 4) is 0 Å². The number of hydrogen-bond donors (Lipinski definition) is 0. The van der Waals surface area contributed by atoms with Gasteiger partial charge >= 0.3 is 5.97 Å². The number of ether oxygens (including phenoxy) is 1. The summed E-state index contributed by atoms with van der Waals surface area (Å²) >= 11 is 0. The van der Waals surface area contributed by atoms with Gasteiger partial charge in [-0.25, -0.2) is 9.97 Å². The zero-order valence-electron chi connectivity index (χ0n) is 11.9. The number of anilines is 1. The Kier molecular flexibility index (Phi) is 4.64. The number of aromatic nitrogens is 2. The Labute approximate surface area is 108 Å².